The Labute approximate surface area is 61.4 Å². The van der Waals surface area contributed by atoms with E-state index in [1.54, 1.807) is 14.0 Å². The van der Waals surface area contributed by atoms with E-state index in [4.69, 9.17) is 0 Å². The van der Waals surface area contributed by atoms with Gasteiger partial charge in [-0.25, -0.2) is 4.72 Å². The van der Waals surface area contributed by atoms with Gasteiger partial charge in [-0.2, -0.15) is 13.1 Å². The highest BCUT2D eigenvalue weighted by Gasteiger charge is 2.08. The van der Waals surface area contributed by atoms with Crippen molar-refractivity contribution in [2.45, 2.75) is 13.1 Å². The van der Waals surface area contributed by atoms with E-state index in [0.717, 1.165) is 0 Å². The highest BCUT2D eigenvalue weighted by Crippen LogP contribution is 1.77. The lowest BCUT2D eigenvalue weighted by molar-refractivity contribution is 0.527. The Kier molecular flexibility index (Phi) is 3.80. The van der Waals surface area contributed by atoms with Gasteiger partial charge in [0.1, 0.15) is 0 Å². The van der Waals surface area contributed by atoms with Crippen LogP contribution in [0.1, 0.15) is 6.92 Å². The van der Waals surface area contributed by atoms with Crippen molar-refractivity contribution in [1.29, 1.82) is 0 Å². The van der Waals surface area contributed by atoms with E-state index in [1.165, 1.54) is 7.05 Å². The Morgan fingerprint density at radius 1 is 1.30 bits per heavy atom. The third-order valence-electron chi connectivity index (χ3n) is 1.03. The Morgan fingerprint density at radius 3 is 2.10 bits per heavy atom. The first-order valence-electron chi connectivity index (χ1n) is 2.90. The molecular weight excluding hydrogens is 154 g/mol. The van der Waals surface area contributed by atoms with Gasteiger partial charge in [-0.05, 0) is 14.0 Å². The van der Waals surface area contributed by atoms with Crippen LogP contribution in [0.25, 0.3) is 0 Å². The summed E-state index contributed by atoms with van der Waals surface area (Å²) in [5.41, 5.74) is 0. The van der Waals surface area contributed by atoms with Crippen LogP contribution in [0.15, 0.2) is 0 Å². The molecule has 0 amide bonds. The minimum absolute atomic E-state index is 0.252. The van der Waals surface area contributed by atoms with Crippen molar-refractivity contribution in [1.82, 2.24) is 14.8 Å². The molecule has 10 heavy (non-hydrogen) atoms. The van der Waals surface area contributed by atoms with Gasteiger partial charge < -0.3 is 5.32 Å². The molecule has 0 rings (SSSR count). The summed E-state index contributed by atoms with van der Waals surface area (Å²) in [6, 6.07) is 0. The second kappa shape index (κ2) is 3.87. The Bertz CT molecular complexity index is 177. The predicted octanol–water partition coefficient (Wildman–Crippen LogP) is -1.39. The number of hydrogen-bond donors (Lipinski definition) is 3. The lowest BCUT2D eigenvalue weighted by atomic mass is 10.6. The lowest BCUT2D eigenvalue weighted by Crippen LogP contribution is -2.45. The minimum atomic E-state index is -3.29. The van der Waals surface area contributed by atoms with Crippen molar-refractivity contribution in [3.63, 3.8) is 0 Å². The number of hydrogen-bond acceptors (Lipinski definition) is 3. The van der Waals surface area contributed by atoms with Crippen LogP contribution in [0.2, 0.25) is 0 Å². The smallest absolute Gasteiger partial charge is 0.277 e. The van der Waals surface area contributed by atoms with Gasteiger partial charge >= 0.3 is 0 Å². The molecule has 0 aliphatic carbocycles. The highest BCUT2D eigenvalue weighted by atomic mass is 32.2. The first-order chi connectivity index (χ1) is 4.52. The molecule has 0 spiro atoms. The fraction of sp³-hybridized carbons (Fsp3) is 1.00. The molecule has 1 atom stereocenters. The van der Waals surface area contributed by atoms with Crippen LogP contribution in [0.3, 0.4) is 0 Å². The molecule has 0 bridgehead atoms. The highest BCUT2D eigenvalue weighted by molar-refractivity contribution is 7.87. The van der Waals surface area contributed by atoms with E-state index in [-0.39, 0.29) is 6.17 Å². The standard InChI is InChI=1S/C4H13N3O2S/c1-4(5-2)7-10(8,9)6-3/h4-7H,1-3H3. The Morgan fingerprint density at radius 2 is 1.80 bits per heavy atom. The largest absolute Gasteiger partial charge is 0.304 e. The van der Waals surface area contributed by atoms with E-state index >= 15 is 0 Å². The molecule has 0 aliphatic rings. The molecule has 1 unspecified atom stereocenters. The van der Waals surface area contributed by atoms with Gasteiger partial charge in [0.2, 0.25) is 0 Å². The molecule has 0 aromatic heterocycles. The van der Waals surface area contributed by atoms with Gasteiger partial charge in [-0.1, -0.05) is 0 Å². The maximum Gasteiger partial charge on any atom is 0.277 e. The molecule has 0 fully saturated rings. The zero-order chi connectivity index (χ0) is 8.20. The number of nitrogens with one attached hydrogen (secondary N) is 3. The normalized spacial score (nSPS) is 15.1. The van der Waals surface area contributed by atoms with Gasteiger partial charge in [0.15, 0.2) is 0 Å². The van der Waals surface area contributed by atoms with Crippen LogP contribution < -0.4 is 14.8 Å². The Balaban J connectivity index is 3.90. The van der Waals surface area contributed by atoms with E-state index in [0.29, 0.717) is 0 Å². The third kappa shape index (κ3) is 3.78. The van der Waals surface area contributed by atoms with Crippen molar-refractivity contribution in [3.8, 4) is 0 Å². The maximum absolute atomic E-state index is 10.7. The van der Waals surface area contributed by atoms with Crippen molar-refractivity contribution < 1.29 is 8.42 Å². The predicted molar refractivity (Wildman–Crippen MR) is 39.6 cm³/mol. The zero-order valence-electron chi connectivity index (χ0n) is 6.30. The van der Waals surface area contributed by atoms with Crippen LogP contribution >= 0.6 is 0 Å². The van der Waals surface area contributed by atoms with Crippen LogP contribution in [-0.4, -0.2) is 28.7 Å². The van der Waals surface area contributed by atoms with E-state index in [9.17, 15) is 8.42 Å². The van der Waals surface area contributed by atoms with Crippen LogP contribution in [0, 0.1) is 0 Å². The summed E-state index contributed by atoms with van der Waals surface area (Å²) in [6.45, 7) is 1.70. The fourth-order valence-corrected chi connectivity index (χ4v) is 1.05. The molecule has 0 aliphatic heterocycles. The van der Waals surface area contributed by atoms with Crippen LogP contribution in [0.5, 0.6) is 0 Å². The van der Waals surface area contributed by atoms with Crippen molar-refractivity contribution >= 4 is 10.2 Å². The molecule has 5 nitrogen and oxygen atoms in total. The number of rotatable bonds is 4. The molecule has 6 heteroatoms. The molecule has 0 saturated heterocycles. The van der Waals surface area contributed by atoms with Gasteiger partial charge in [0.25, 0.3) is 10.2 Å². The summed E-state index contributed by atoms with van der Waals surface area (Å²) in [6.07, 6.45) is -0.252. The summed E-state index contributed by atoms with van der Waals surface area (Å²) < 4.78 is 25.8. The van der Waals surface area contributed by atoms with E-state index in [1.807, 2.05) is 0 Å². The molecule has 3 N–H and O–H groups in total. The first kappa shape index (κ1) is 9.83. The summed E-state index contributed by atoms with van der Waals surface area (Å²) in [5.74, 6) is 0. The summed E-state index contributed by atoms with van der Waals surface area (Å²) >= 11 is 0. The van der Waals surface area contributed by atoms with E-state index < -0.39 is 10.2 Å². The fourth-order valence-electron chi connectivity index (χ4n) is 0.351. The molecular formula is C4H13N3O2S. The van der Waals surface area contributed by atoms with Crippen molar-refractivity contribution in [2.24, 2.45) is 0 Å². The summed E-state index contributed by atoms with van der Waals surface area (Å²) in [4.78, 5) is 0. The van der Waals surface area contributed by atoms with Crippen molar-refractivity contribution in [3.05, 3.63) is 0 Å². The first-order valence-corrected chi connectivity index (χ1v) is 4.38. The molecule has 0 heterocycles. The SMILES string of the molecule is CNC(C)NS(=O)(=O)NC. The van der Waals surface area contributed by atoms with Gasteiger partial charge in [-0.15, -0.1) is 0 Å². The zero-order valence-corrected chi connectivity index (χ0v) is 7.12. The third-order valence-corrected chi connectivity index (χ3v) is 2.23. The summed E-state index contributed by atoms with van der Waals surface area (Å²) in [5, 5.41) is 2.73. The molecule has 0 radical (unpaired) electrons. The van der Waals surface area contributed by atoms with Crippen LogP contribution in [-0.2, 0) is 10.2 Å². The molecule has 62 valence electrons. The topological polar surface area (TPSA) is 70.2 Å². The summed E-state index contributed by atoms with van der Waals surface area (Å²) in [7, 11) is -0.272. The average Bonchev–Trinajstić information content (AvgIpc) is 1.87. The Hall–Kier alpha value is -0.170. The molecule has 0 aromatic rings. The maximum atomic E-state index is 10.7. The lowest BCUT2D eigenvalue weighted by Gasteiger charge is -2.11. The molecule has 0 aromatic carbocycles. The second-order valence-corrected chi connectivity index (χ2v) is 3.49. The van der Waals surface area contributed by atoms with Gasteiger partial charge in [-0.3, -0.25) is 0 Å². The van der Waals surface area contributed by atoms with E-state index in [2.05, 4.69) is 14.8 Å². The van der Waals surface area contributed by atoms with Gasteiger partial charge in [0.05, 0.1) is 6.17 Å². The van der Waals surface area contributed by atoms with Crippen LogP contribution in [0.4, 0.5) is 0 Å². The second-order valence-electron chi connectivity index (χ2n) is 1.84. The van der Waals surface area contributed by atoms with Crippen molar-refractivity contribution in [2.75, 3.05) is 14.1 Å². The molecule has 0 saturated carbocycles. The monoisotopic (exact) mass is 167 g/mol. The minimum Gasteiger partial charge on any atom is -0.304 e. The van der Waals surface area contributed by atoms with Gasteiger partial charge in [0, 0.05) is 7.05 Å². The average molecular weight is 167 g/mol. The quantitative estimate of drug-likeness (QED) is 0.451.